The van der Waals surface area contributed by atoms with E-state index in [1.807, 2.05) is 24.3 Å². The molecule has 5 heteroatoms. The standard InChI is InChI=1S/C41H32N2O3/c1-21-13-23(3)37(24(4)14-21)27-17-29-30-18-28(38-25(5)15-22(2)16-26(38)6)20-36-43(30)41-39-31(44-32-10-8-12-34(46-36)40(32)41)9-7-11-33(39)45-35(19-27)42(29)41/h7-20H,1-6H3/q+2. The second-order valence-corrected chi connectivity index (χ2v) is 13.4. The molecule has 6 aromatic rings. The number of ether oxygens (including phenoxy) is 3. The van der Waals surface area contributed by atoms with Gasteiger partial charge in [-0.05, 0) is 110 Å². The van der Waals surface area contributed by atoms with Gasteiger partial charge in [0.05, 0.1) is 12.1 Å². The Hall–Kier alpha value is -5.42. The van der Waals surface area contributed by atoms with Crippen LogP contribution in [-0.4, -0.2) is 0 Å². The fourth-order valence-electron chi connectivity index (χ4n) is 8.96. The van der Waals surface area contributed by atoms with E-state index in [1.54, 1.807) is 0 Å². The van der Waals surface area contributed by atoms with E-state index in [1.165, 1.54) is 44.5 Å². The number of rotatable bonds is 2. The second-order valence-electron chi connectivity index (χ2n) is 13.4. The van der Waals surface area contributed by atoms with E-state index in [9.17, 15) is 0 Å². The third-order valence-corrected chi connectivity index (χ3v) is 10.2. The fraction of sp³-hybridized carbons (Fsp3) is 0.171. The van der Waals surface area contributed by atoms with Crippen molar-refractivity contribution in [2.24, 2.45) is 0 Å². The van der Waals surface area contributed by atoms with Crippen LogP contribution in [0.15, 0.2) is 84.9 Å². The second kappa shape index (κ2) is 8.43. The van der Waals surface area contributed by atoms with Gasteiger partial charge in [-0.15, -0.1) is 0 Å². The van der Waals surface area contributed by atoms with Gasteiger partial charge in [0.25, 0.3) is 11.4 Å². The van der Waals surface area contributed by atoms with Crippen molar-refractivity contribution >= 4 is 0 Å². The fourth-order valence-corrected chi connectivity index (χ4v) is 8.96. The highest BCUT2D eigenvalue weighted by atomic mass is 16.5. The molecule has 1 spiro atoms. The zero-order valence-electron chi connectivity index (χ0n) is 26.7. The zero-order chi connectivity index (χ0) is 31.2. The summed E-state index contributed by atoms with van der Waals surface area (Å²) in [7, 11) is 0. The smallest absolute Gasteiger partial charge is 0.437 e. The summed E-state index contributed by atoms with van der Waals surface area (Å²) in [5.74, 6) is 4.76. The van der Waals surface area contributed by atoms with E-state index >= 15 is 0 Å². The molecule has 0 bridgehead atoms. The van der Waals surface area contributed by atoms with Gasteiger partial charge in [0.15, 0.2) is 22.6 Å². The third-order valence-electron chi connectivity index (χ3n) is 10.2. The number of pyridine rings is 2. The Morgan fingerprint density at radius 1 is 0.457 bits per heavy atom. The highest BCUT2D eigenvalue weighted by Gasteiger charge is 2.75. The molecule has 0 aliphatic carbocycles. The van der Waals surface area contributed by atoms with E-state index in [2.05, 4.69) is 111 Å². The van der Waals surface area contributed by atoms with Crippen molar-refractivity contribution in [3.63, 3.8) is 0 Å². The van der Waals surface area contributed by atoms with Gasteiger partial charge in [0.1, 0.15) is 11.5 Å². The first-order chi connectivity index (χ1) is 22.2. The van der Waals surface area contributed by atoms with Gasteiger partial charge >= 0.3 is 17.4 Å². The van der Waals surface area contributed by atoms with Crippen LogP contribution >= 0.6 is 0 Å². The lowest BCUT2D eigenvalue weighted by molar-refractivity contribution is -0.943. The molecule has 4 aliphatic heterocycles. The molecule has 2 aromatic heterocycles. The Kier molecular flexibility index (Phi) is 4.74. The highest BCUT2D eigenvalue weighted by molar-refractivity contribution is 5.79. The number of hydrogen-bond donors (Lipinski definition) is 0. The van der Waals surface area contributed by atoms with Crippen molar-refractivity contribution in [2.45, 2.75) is 47.2 Å². The van der Waals surface area contributed by atoms with Gasteiger partial charge < -0.3 is 14.2 Å². The van der Waals surface area contributed by atoms with Crippen molar-refractivity contribution in [1.29, 1.82) is 0 Å². The van der Waals surface area contributed by atoms with Crippen LogP contribution in [0.3, 0.4) is 0 Å². The van der Waals surface area contributed by atoms with Crippen LogP contribution in [0.2, 0.25) is 0 Å². The summed E-state index contributed by atoms with van der Waals surface area (Å²) in [6.45, 7) is 13.1. The Morgan fingerprint density at radius 3 is 1.22 bits per heavy atom. The molecule has 46 heavy (non-hydrogen) atoms. The topological polar surface area (TPSA) is 35.5 Å². The predicted octanol–water partition coefficient (Wildman–Crippen LogP) is 9.04. The zero-order valence-corrected chi connectivity index (χ0v) is 26.7. The molecule has 0 N–H and O–H groups in total. The Balaban J connectivity index is 1.39. The first-order valence-corrected chi connectivity index (χ1v) is 15.9. The summed E-state index contributed by atoms with van der Waals surface area (Å²) in [6, 6.07) is 30.4. The van der Waals surface area contributed by atoms with E-state index < -0.39 is 5.66 Å². The summed E-state index contributed by atoms with van der Waals surface area (Å²) in [6.07, 6.45) is 0. The van der Waals surface area contributed by atoms with Gasteiger partial charge in [-0.25, -0.2) is 0 Å². The molecule has 4 aromatic carbocycles. The molecule has 6 heterocycles. The summed E-state index contributed by atoms with van der Waals surface area (Å²) >= 11 is 0. The maximum atomic E-state index is 6.88. The molecule has 10 rings (SSSR count). The van der Waals surface area contributed by atoms with Gasteiger partial charge in [0.2, 0.25) is 0 Å². The number of nitrogens with zero attached hydrogens (tertiary/aromatic N) is 2. The maximum Gasteiger partial charge on any atom is 0.437 e. The molecule has 0 amide bonds. The van der Waals surface area contributed by atoms with Gasteiger partial charge in [-0.1, -0.05) is 56.7 Å². The normalized spacial score (nSPS) is 14.6. The van der Waals surface area contributed by atoms with E-state index in [0.717, 1.165) is 68.4 Å². The minimum absolute atomic E-state index is 0.770. The van der Waals surface area contributed by atoms with Crippen LogP contribution < -0.4 is 23.3 Å². The van der Waals surface area contributed by atoms with E-state index in [-0.39, 0.29) is 0 Å². The SMILES string of the molecule is Cc1cc(C)c(-c2cc3[n+]4c(c2)-c2cc(-c5c(C)cc(C)cc5C)cc5[n+]2C42c4c(cccc4O3)Oc3cccc(c32)O5)c(C)c1. The largest absolute Gasteiger partial charge is 0.455 e. The third kappa shape index (κ3) is 3.01. The van der Waals surface area contributed by atoms with Gasteiger partial charge in [0, 0.05) is 12.1 Å². The number of benzene rings is 4. The predicted molar refractivity (Wildman–Crippen MR) is 176 cm³/mol. The molecule has 222 valence electrons. The average Bonchev–Trinajstić information content (AvgIpc) is 3.28. The van der Waals surface area contributed by atoms with Crippen LogP contribution in [0, 0.1) is 41.5 Å². The number of hydrogen-bond acceptors (Lipinski definition) is 3. The summed E-state index contributed by atoms with van der Waals surface area (Å²) < 4.78 is 25.1. The van der Waals surface area contributed by atoms with Gasteiger partial charge in [-0.3, -0.25) is 0 Å². The first-order valence-electron chi connectivity index (χ1n) is 15.9. The minimum Gasteiger partial charge on any atom is -0.455 e. The molecule has 0 fully saturated rings. The van der Waals surface area contributed by atoms with Crippen LogP contribution in [0.4, 0.5) is 0 Å². The molecule has 0 unspecified atom stereocenters. The Labute approximate surface area is 267 Å². The quantitative estimate of drug-likeness (QED) is 0.186. The van der Waals surface area contributed by atoms with Crippen molar-refractivity contribution in [2.75, 3.05) is 0 Å². The van der Waals surface area contributed by atoms with E-state index in [4.69, 9.17) is 14.2 Å². The van der Waals surface area contributed by atoms with Crippen molar-refractivity contribution in [1.82, 2.24) is 0 Å². The van der Waals surface area contributed by atoms with Crippen LogP contribution in [0.25, 0.3) is 33.6 Å². The lowest BCUT2D eigenvalue weighted by Crippen LogP contribution is -2.74. The van der Waals surface area contributed by atoms with Crippen molar-refractivity contribution in [3.8, 4) is 68.4 Å². The number of fused-ring (bicyclic) bond motifs is 1. The first kappa shape index (κ1) is 25.9. The van der Waals surface area contributed by atoms with Crippen LogP contribution in [0.5, 0.6) is 34.8 Å². The summed E-state index contributed by atoms with van der Waals surface area (Å²) in [4.78, 5) is 0. The molecule has 0 atom stereocenters. The lowest BCUT2D eigenvalue weighted by atomic mass is 9.84. The van der Waals surface area contributed by atoms with Crippen molar-refractivity contribution in [3.05, 3.63) is 129 Å². The summed E-state index contributed by atoms with van der Waals surface area (Å²) in [5, 5.41) is 0. The Bertz CT molecular complexity index is 2210. The number of aromatic nitrogens is 2. The molecule has 0 saturated heterocycles. The van der Waals surface area contributed by atoms with Crippen LogP contribution in [0.1, 0.15) is 44.5 Å². The molecule has 0 saturated carbocycles. The van der Waals surface area contributed by atoms with Crippen LogP contribution in [-0.2, 0) is 5.66 Å². The summed E-state index contributed by atoms with van der Waals surface area (Å²) in [5.41, 5.74) is 15.6. The maximum absolute atomic E-state index is 6.88. The molecular weight excluding hydrogens is 568 g/mol. The average molecular weight is 601 g/mol. The number of aryl methyl sites for hydroxylation is 6. The van der Waals surface area contributed by atoms with E-state index in [0.29, 0.717) is 0 Å². The highest BCUT2D eigenvalue weighted by Crippen LogP contribution is 2.59. The molecular formula is C41H32N2O3+2. The van der Waals surface area contributed by atoms with Crippen molar-refractivity contribution < 1.29 is 23.3 Å². The lowest BCUT2D eigenvalue weighted by Gasteiger charge is -2.35. The molecule has 5 nitrogen and oxygen atoms in total. The minimum atomic E-state index is -0.770. The molecule has 0 radical (unpaired) electrons. The molecule has 4 aliphatic rings. The van der Waals surface area contributed by atoms with Gasteiger partial charge in [-0.2, -0.15) is 0 Å². The Morgan fingerprint density at radius 2 is 0.826 bits per heavy atom. The monoisotopic (exact) mass is 600 g/mol.